The van der Waals surface area contributed by atoms with Gasteiger partial charge in [0.2, 0.25) is 0 Å². The molecule has 22 heavy (non-hydrogen) atoms. The Morgan fingerprint density at radius 1 is 1.18 bits per heavy atom. The molecule has 1 fully saturated rings. The molecule has 0 amide bonds. The van der Waals surface area contributed by atoms with E-state index in [4.69, 9.17) is 16.0 Å². The molecular formula is C16H22ClN3O2. The number of aromatic nitrogens is 1. The highest BCUT2D eigenvalue weighted by atomic mass is 35.5. The number of hydrogen-bond donors (Lipinski definition) is 0. The lowest BCUT2D eigenvalue weighted by atomic mass is 10.2. The predicted octanol–water partition coefficient (Wildman–Crippen LogP) is 2.48. The van der Waals surface area contributed by atoms with Gasteiger partial charge in [0.25, 0.3) is 0 Å². The second-order valence-corrected chi connectivity index (χ2v) is 6.80. The van der Waals surface area contributed by atoms with Gasteiger partial charge in [-0.1, -0.05) is 25.4 Å². The topological polar surface area (TPSA) is 41.6 Å². The van der Waals surface area contributed by atoms with Crippen LogP contribution in [-0.4, -0.2) is 47.1 Å². The zero-order valence-corrected chi connectivity index (χ0v) is 13.8. The molecule has 0 unspecified atom stereocenters. The van der Waals surface area contributed by atoms with E-state index in [0.717, 1.165) is 38.2 Å². The molecule has 2 aromatic rings. The monoisotopic (exact) mass is 323 g/mol. The number of halogens is 1. The van der Waals surface area contributed by atoms with E-state index in [9.17, 15) is 4.79 Å². The van der Waals surface area contributed by atoms with Gasteiger partial charge in [-0.25, -0.2) is 4.79 Å². The quantitative estimate of drug-likeness (QED) is 0.867. The van der Waals surface area contributed by atoms with Gasteiger partial charge in [0.1, 0.15) is 0 Å². The number of nitrogens with zero attached hydrogens (tertiary/aromatic N) is 3. The van der Waals surface area contributed by atoms with Crippen molar-refractivity contribution in [2.24, 2.45) is 5.92 Å². The first-order valence-corrected chi connectivity index (χ1v) is 8.14. The molecule has 1 aliphatic rings. The number of rotatable bonds is 4. The Hall–Kier alpha value is -1.30. The Morgan fingerprint density at radius 2 is 1.86 bits per heavy atom. The maximum atomic E-state index is 12.0. The molecule has 1 saturated heterocycles. The third-order valence-corrected chi connectivity index (χ3v) is 4.30. The van der Waals surface area contributed by atoms with Gasteiger partial charge in [0.05, 0.1) is 12.2 Å². The predicted molar refractivity (Wildman–Crippen MR) is 88.3 cm³/mol. The van der Waals surface area contributed by atoms with E-state index < -0.39 is 0 Å². The van der Waals surface area contributed by atoms with Crippen molar-refractivity contribution < 1.29 is 4.42 Å². The number of oxazole rings is 1. The Kier molecular flexibility index (Phi) is 4.57. The molecule has 3 rings (SSSR count). The molecule has 1 aliphatic heterocycles. The highest BCUT2D eigenvalue weighted by molar-refractivity contribution is 6.31. The summed E-state index contributed by atoms with van der Waals surface area (Å²) in [6.07, 6.45) is 0. The minimum atomic E-state index is -0.318. The van der Waals surface area contributed by atoms with Crippen molar-refractivity contribution in [3.63, 3.8) is 0 Å². The van der Waals surface area contributed by atoms with Crippen molar-refractivity contribution in [2.75, 3.05) is 32.7 Å². The molecule has 120 valence electrons. The number of benzene rings is 1. The molecule has 0 atom stereocenters. The Balaban J connectivity index is 1.70. The first-order chi connectivity index (χ1) is 10.5. The van der Waals surface area contributed by atoms with Gasteiger partial charge < -0.3 is 9.32 Å². The summed E-state index contributed by atoms with van der Waals surface area (Å²) in [7, 11) is 0. The van der Waals surface area contributed by atoms with Crippen molar-refractivity contribution in [1.29, 1.82) is 0 Å². The SMILES string of the molecule is CC(C)CN1CCN(Cn2c(=O)oc3cc(Cl)ccc32)CC1. The van der Waals surface area contributed by atoms with E-state index in [2.05, 4.69) is 23.6 Å². The normalized spacial score (nSPS) is 17.6. The third kappa shape index (κ3) is 3.37. The molecule has 5 nitrogen and oxygen atoms in total. The van der Waals surface area contributed by atoms with E-state index in [1.807, 2.05) is 6.07 Å². The summed E-state index contributed by atoms with van der Waals surface area (Å²) in [5, 5.41) is 0.579. The van der Waals surface area contributed by atoms with Crippen molar-refractivity contribution in [2.45, 2.75) is 20.5 Å². The van der Waals surface area contributed by atoms with Gasteiger partial charge in [-0.15, -0.1) is 0 Å². The molecule has 0 spiro atoms. The molecule has 0 saturated carbocycles. The van der Waals surface area contributed by atoms with Gasteiger partial charge >= 0.3 is 5.76 Å². The maximum absolute atomic E-state index is 12.0. The second kappa shape index (κ2) is 6.44. The second-order valence-electron chi connectivity index (χ2n) is 6.36. The summed E-state index contributed by atoms with van der Waals surface area (Å²) in [6, 6.07) is 5.32. The average Bonchev–Trinajstić information content (AvgIpc) is 2.75. The Labute approximate surface area is 135 Å². The summed E-state index contributed by atoms with van der Waals surface area (Å²) in [6.45, 7) is 10.2. The number of hydrogen-bond acceptors (Lipinski definition) is 4. The molecule has 0 bridgehead atoms. The molecule has 1 aromatic carbocycles. The lowest BCUT2D eigenvalue weighted by molar-refractivity contribution is 0.0985. The molecule has 0 radical (unpaired) electrons. The highest BCUT2D eigenvalue weighted by Crippen LogP contribution is 2.19. The van der Waals surface area contributed by atoms with Crippen LogP contribution in [0.2, 0.25) is 5.02 Å². The van der Waals surface area contributed by atoms with Gasteiger partial charge in [-0.2, -0.15) is 0 Å². The number of fused-ring (bicyclic) bond motifs is 1. The molecule has 6 heteroatoms. The summed E-state index contributed by atoms with van der Waals surface area (Å²) in [4.78, 5) is 16.8. The van der Waals surface area contributed by atoms with E-state index in [-0.39, 0.29) is 5.76 Å². The van der Waals surface area contributed by atoms with E-state index in [1.54, 1.807) is 16.7 Å². The summed E-state index contributed by atoms with van der Waals surface area (Å²) >= 11 is 5.94. The highest BCUT2D eigenvalue weighted by Gasteiger charge is 2.19. The van der Waals surface area contributed by atoms with Crippen LogP contribution in [0, 0.1) is 5.92 Å². The third-order valence-electron chi connectivity index (χ3n) is 4.06. The number of piperazine rings is 1. The Morgan fingerprint density at radius 3 is 2.55 bits per heavy atom. The summed E-state index contributed by atoms with van der Waals surface area (Å²) in [5.41, 5.74) is 1.36. The van der Waals surface area contributed by atoms with Crippen LogP contribution < -0.4 is 5.76 Å². The Bertz CT molecular complexity index is 699. The standard InChI is InChI=1S/C16H22ClN3O2/c1-12(2)10-18-5-7-19(8-6-18)11-20-14-4-3-13(17)9-15(14)22-16(20)21/h3-4,9,12H,5-8,10-11H2,1-2H3. The summed E-state index contributed by atoms with van der Waals surface area (Å²) in [5.74, 6) is 0.374. The summed E-state index contributed by atoms with van der Waals surface area (Å²) < 4.78 is 6.97. The van der Waals surface area contributed by atoms with Crippen molar-refractivity contribution in [3.05, 3.63) is 33.8 Å². The van der Waals surface area contributed by atoms with Gasteiger partial charge in [0.15, 0.2) is 5.58 Å². The molecular weight excluding hydrogens is 302 g/mol. The minimum Gasteiger partial charge on any atom is -0.408 e. The van der Waals surface area contributed by atoms with Crippen LogP contribution in [0.1, 0.15) is 13.8 Å². The van der Waals surface area contributed by atoms with Crippen LogP contribution >= 0.6 is 11.6 Å². The molecule has 0 aliphatic carbocycles. The van der Waals surface area contributed by atoms with E-state index >= 15 is 0 Å². The molecule has 2 heterocycles. The van der Waals surface area contributed by atoms with E-state index in [1.165, 1.54) is 0 Å². The zero-order chi connectivity index (χ0) is 15.7. The largest absolute Gasteiger partial charge is 0.421 e. The zero-order valence-electron chi connectivity index (χ0n) is 13.1. The van der Waals surface area contributed by atoms with Gasteiger partial charge in [-0.05, 0) is 18.1 Å². The lowest BCUT2D eigenvalue weighted by Gasteiger charge is -2.35. The lowest BCUT2D eigenvalue weighted by Crippen LogP contribution is -2.48. The first kappa shape index (κ1) is 15.6. The van der Waals surface area contributed by atoms with E-state index in [0.29, 0.717) is 23.2 Å². The van der Waals surface area contributed by atoms with Gasteiger partial charge in [0, 0.05) is 43.8 Å². The average molecular weight is 324 g/mol. The maximum Gasteiger partial charge on any atom is 0.421 e. The fraction of sp³-hybridized carbons (Fsp3) is 0.562. The first-order valence-electron chi connectivity index (χ1n) is 7.76. The fourth-order valence-electron chi connectivity index (χ4n) is 3.00. The van der Waals surface area contributed by atoms with Crippen molar-refractivity contribution in [3.8, 4) is 0 Å². The van der Waals surface area contributed by atoms with Crippen molar-refractivity contribution in [1.82, 2.24) is 14.4 Å². The van der Waals surface area contributed by atoms with Crippen LogP contribution in [0.5, 0.6) is 0 Å². The van der Waals surface area contributed by atoms with Crippen LogP contribution in [-0.2, 0) is 6.67 Å². The van der Waals surface area contributed by atoms with Gasteiger partial charge in [-0.3, -0.25) is 9.47 Å². The van der Waals surface area contributed by atoms with Crippen LogP contribution in [0.15, 0.2) is 27.4 Å². The van der Waals surface area contributed by atoms with Crippen LogP contribution in [0.4, 0.5) is 0 Å². The smallest absolute Gasteiger partial charge is 0.408 e. The fourth-order valence-corrected chi connectivity index (χ4v) is 3.17. The van der Waals surface area contributed by atoms with Crippen LogP contribution in [0.25, 0.3) is 11.1 Å². The molecule has 0 N–H and O–H groups in total. The molecule has 1 aromatic heterocycles. The van der Waals surface area contributed by atoms with Crippen molar-refractivity contribution >= 4 is 22.7 Å². The van der Waals surface area contributed by atoms with Crippen LogP contribution in [0.3, 0.4) is 0 Å². The minimum absolute atomic E-state index is 0.318.